The largest absolute Gasteiger partial charge is 0.496 e. The number of para-hydroxylation sites is 1. The monoisotopic (exact) mass is 465 g/mol. The number of aromatic nitrogens is 2. The lowest BCUT2D eigenvalue weighted by Gasteiger charge is -2.16. The predicted molar refractivity (Wildman–Crippen MR) is 132 cm³/mol. The van der Waals surface area contributed by atoms with E-state index < -0.39 is 5.69 Å². The molecule has 8 nitrogen and oxygen atoms in total. The summed E-state index contributed by atoms with van der Waals surface area (Å²) in [6.45, 7) is 5.04. The zero-order chi connectivity index (χ0) is 24.7. The molecule has 1 amide bonds. The number of amides is 1. The molecular formula is C26H31N3O5. The number of benzene rings is 2. The summed E-state index contributed by atoms with van der Waals surface area (Å²) in [6.07, 6.45) is 2.17. The summed E-state index contributed by atoms with van der Waals surface area (Å²) in [5.74, 6) is 0.898. The van der Waals surface area contributed by atoms with Crippen LogP contribution in [0.15, 0.2) is 52.1 Å². The van der Waals surface area contributed by atoms with Crippen LogP contribution in [-0.2, 0) is 17.9 Å². The molecule has 0 radical (unpaired) electrons. The molecule has 1 aromatic heterocycles. The molecular weight excluding hydrogens is 434 g/mol. The van der Waals surface area contributed by atoms with E-state index in [0.717, 1.165) is 6.29 Å². The number of nitrogens with one attached hydrogen (secondary N) is 1. The first-order valence-corrected chi connectivity index (χ1v) is 11.5. The number of aldehydes is 1. The number of nitrogens with zero attached hydrogens (tertiary/aromatic N) is 2. The average molecular weight is 466 g/mol. The van der Waals surface area contributed by atoms with E-state index in [9.17, 15) is 19.2 Å². The van der Waals surface area contributed by atoms with Gasteiger partial charge in [-0.2, -0.15) is 0 Å². The molecule has 1 N–H and O–H groups in total. The van der Waals surface area contributed by atoms with Gasteiger partial charge in [0, 0.05) is 30.6 Å². The van der Waals surface area contributed by atoms with Crippen molar-refractivity contribution in [2.45, 2.75) is 46.2 Å². The van der Waals surface area contributed by atoms with Gasteiger partial charge in [0.25, 0.3) is 5.56 Å². The van der Waals surface area contributed by atoms with Crippen LogP contribution in [0.5, 0.6) is 5.75 Å². The van der Waals surface area contributed by atoms with Crippen LogP contribution in [0.1, 0.15) is 49.0 Å². The summed E-state index contributed by atoms with van der Waals surface area (Å²) >= 11 is 0. The number of unbranched alkanes of at least 4 members (excludes halogenated alkanes) is 1. The Morgan fingerprint density at radius 3 is 2.56 bits per heavy atom. The predicted octanol–water partition coefficient (Wildman–Crippen LogP) is 2.98. The molecule has 3 rings (SSSR count). The highest BCUT2D eigenvalue weighted by molar-refractivity contribution is 5.78. The molecule has 0 aliphatic heterocycles. The Labute approximate surface area is 198 Å². The standard InChI is InChI=1S/C26H31N3O5/c1-18(2)15-27-24(31)10-6-7-13-28-25(32)21-8-4-5-9-22(21)29(26(28)33)16-20-14-19(17-30)11-12-23(20)34-3/h4-5,8-9,11-12,14,17-18H,6-7,10,13,15-16H2,1-3H3,(H,27,31). The summed E-state index contributed by atoms with van der Waals surface area (Å²) < 4.78 is 8.17. The molecule has 180 valence electrons. The van der Waals surface area contributed by atoms with Crippen molar-refractivity contribution >= 4 is 23.1 Å². The van der Waals surface area contributed by atoms with E-state index in [1.807, 2.05) is 13.8 Å². The van der Waals surface area contributed by atoms with Gasteiger partial charge in [-0.05, 0) is 49.1 Å². The Kier molecular flexibility index (Phi) is 8.40. The fourth-order valence-corrected chi connectivity index (χ4v) is 3.85. The SMILES string of the molecule is COc1ccc(C=O)cc1Cn1c(=O)n(CCCCC(=O)NCC(C)C)c(=O)c2ccccc21. The quantitative estimate of drug-likeness (QED) is 0.347. The van der Waals surface area contributed by atoms with Gasteiger partial charge in [-0.25, -0.2) is 4.79 Å². The number of methoxy groups -OCH3 is 1. The van der Waals surface area contributed by atoms with Crippen LogP contribution in [0.2, 0.25) is 0 Å². The molecule has 0 saturated carbocycles. The topological polar surface area (TPSA) is 99.4 Å². The van der Waals surface area contributed by atoms with E-state index in [2.05, 4.69) is 5.32 Å². The second kappa shape index (κ2) is 11.4. The Bertz CT molecular complexity index is 1290. The molecule has 0 bridgehead atoms. The van der Waals surface area contributed by atoms with E-state index in [-0.39, 0.29) is 24.6 Å². The van der Waals surface area contributed by atoms with Crippen LogP contribution < -0.4 is 21.3 Å². The Hall–Kier alpha value is -3.68. The minimum absolute atomic E-state index is 0.0286. The first-order chi connectivity index (χ1) is 16.3. The molecule has 3 aromatic rings. The first-order valence-electron chi connectivity index (χ1n) is 11.5. The van der Waals surface area contributed by atoms with Gasteiger partial charge in [0.15, 0.2) is 0 Å². The summed E-state index contributed by atoms with van der Waals surface area (Å²) in [5.41, 5.74) is 0.852. The summed E-state index contributed by atoms with van der Waals surface area (Å²) in [6, 6.07) is 12.0. The molecule has 0 spiro atoms. The van der Waals surface area contributed by atoms with Crippen molar-refractivity contribution in [3.63, 3.8) is 0 Å². The second-order valence-electron chi connectivity index (χ2n) is 8.69. The third-order valence-electron chi connectivity index (χ3n) is 5.64. The van der Waals surface area contributed by atoms with Crippen molar-refractivity contribution < 1.29 is 14.3 Å². The molecule has 0 fully saturated rings. The number of carbonyl (C=O) groups excluding carboxylic acids is 2. The Balaban J connectivity index is 1.90. The number of hydrogen-bond donors (Lipinski definition) is 1. The number of rotatable bonds is 11. The summed E-state index contributed by atoms with van der Waals surface area (Å²) in [4.78, 5) is 49.7. The van der Waals surface area contributed by atoms with E-state index in [1.165, 1.54) is 16.2 Å². The molecule has 0 unspecified atom stereocenters. The van der Waals surface area contributed by atoms with Gasteiger partial charge in [0.05, 0.1) is 24.6 Å². The van der Waals surface area contributed by atoms with E-state index in [0.29, 0.717) is 59.5 Å². The van der Waals surface area contributed by atoms with Gasteiger partial charge in [0.2, 0.25) is 5.91 Å². The third kappa shape index (κ3) is 5.81. The molecule has 0 saturated heterocycles. The van der Waals surface area contributed by atoms with Gasteiger partial charge in [-0.15, -0.1) is 0 Å². The molecule has 0 aliphatic carbocycles. The van der Waals surface area contributed by atoms with Crippen LogP contribution >= 0.6 is 0 Å². The van der Waals surface area contributed by atoms with Gasteiger partial charge < -0.3 is 10.1 Å². The molecule has 1 heterocycles. The smallest absolute Gasteiger partial charge is 0.331 e. The first kappa shape index (κ1) is 25.0. The van der Waals surface area contributed by atoms with Gasteiger partial charge in [0.1, 0.15) is 12.0 Å². The van der Waals surface area contributed by atoms with E-state index in [4.69, 9.17) is 4.74 Å². The number of ether oxygens (including phenoxy) is 1. The van der Waals surface area contributed by atoms with Crippen molar-refractivity contribution in [2.24, 2.45) is 5.92 Å². The van der Waals surface area contributed by atoms with Crippen molar-refractivity contribution in [3.05, 3.63) is 74.4 Å². The van der Waals surface area contributed by atoms with Crippen molar-refractivity contribution in [1.29, 1.82) is 0 Å². The average Bonchev–Trinajstić information content (AvgIpc) is 2.84. The number of fused-ring (bicyclic) bond motifs is 1. The van der Waals surface area contributed by atoms with E-state index >= 15 is 0 Å². The molecule has 34 heavy (non-hydrogen) atoms. The Morgan fingerprint density at radius 2 is 1.85 bits per heavy atom. The van der Waals surface area contributed by atoms with Gasteiger partial charge >= 0.3 is 5.69 Å². The summed E-state index contributed by atoms with van der Waals surface area (Å²) in [7, 11) is 1.53. The van der Waals surface area contributed by atoms with Crippen molar-refractivity contribution in [1.82, 2.24) is 14.5 Å². The van der Waals surface area contributed by atoms with Crippen molar-refractivity contribution in [2.75, 3.05) is 13.7 Å². The molecule has 8 heteroatoms. The van der Waals surface area contributed by atoms with Crippen LogP contribution in [0.3, 0.4) is 0 Å². The maximum atomic E-state index is 13.4. The Morgan fingerprint density at radius 1 is 1.09 bits per heavy atom. The zero-order valence-corrected chi connectivity index (χ0v) is 19.9. The third-order valence-corrected chi connectivity index (χ3v) is 5.64. The highest BCUT2D eigenvalue weighted by Crippen LogP contribution is 2.21. The molecule has 2 aromatic carbocycles. The fourth-order valence-electron chi connectivity index (χ4n) is 3.85. The minimum atomic E-state index is -0.438. The number of hydrogen-bond acceptors (Lipinski definition) is 5. The maximum Gasteiger partial charge on any atom is 0.331 e. The molecule has 0 aliphatic rings. The van der Waals surface area contributed by atoms with Crippen LogP contribution in [0.25, 0.3) is 10.9 Å². The lowest BCUT2D eigenvalue weighted by atomic mass is 10.1. The van der Waals surface area contributed by atoms with Gasteiger partial charge in [-0.3, -0.25) is 23.5 Å². The van der Waals surface area contributed by atoms with Crippen molar-refractivity contribution in [3.8, 4) is 5.75 Å². The fraction of sp³-hybridized carbons (Fsp3) is 0.385. The van der Waals surface area contributed by atoms with Crippen LogP contribution in [0.4, 0.5) is 0 Å². The second-order valence-corrected chi connectivity index (χ2v) is 8.69. The molecule has 0 atom stereocenters. The number of carbonyl (C=O) groups is 2. The summed E-state index contributed by atoms with van der Waals surface area (Å²) in [5, 5.41) is 3.31. The normalized spacial score (nSPS) is 11.1. The highest BCUT2D eigenvalue weighted by Gasteiger charge is 2.15. The minimum Gasteiger partial charge on any atom is -0.496 e. The highest BCUT2D eigenvalue weighted by atomic mass is 16.5. The lowest BCUT2D eigenvalue weighted by Crippen LogP contribution is -2.40. The van der Waals surface area contributed by atoms with E-state index in [1.54, 1.807) is 42.5 Å². The zero-order valence-electron chi connectivity index (χ0n) is 19.9. The van der Waals surface area contributed by atoms with Gasteiger partial charge in [-0.1, -0.05) is 26.0 Å². The van der Waals surface area contributed by atoms with Crippen LogP contribution in [0, 0.1) is 5.92 Å². The lowest BCUT2D eigenvalue weighted by molar-refractivity contribution is -0.121. The van der Waals surface area contributed by atoms with Crippen LogP contribution in [-0.4, -0.2) is 35.0 Å². The maximum absolute atomic E-state index is 13.4.